The van der Waals surface area contributed by atoms with Gasteiger partial charge in [-0.25, -0.2) is 0 Å². The van der Waals surface area contributed by atoms with E-state index in [1.165, 1.54) is 0 Å². The van der Waals surface area contributed by atoms with E-state index in [-0.39, 0.29) is 17.9 Å². The predicted molar refractivity (Wildman–Crippen MR) is 69.1 cm³/mol. The number of rotatable bonds is 6. The Morgan fingerprint density at radius 3 is 2.67 bits per heavy atom. The molecule has 0 spiro atoms. The second kappa shape index (κ2) is 7.36. The lowest BCUT2D eigenvalue weighted by atomic mass is 10.2. The van der Waals surface area contributed by atoms with Crippen LogP contribution in [0.2, 0.25) is 0 Å². The summed E-state index contributed by atoms with van der Waals surface area (Å²) in [5.41, 5.74) is 0. The van der Waals surface area contributed by atoms with Crippen molar-refractivity contribution in [1.82, 2.24) is 10.2 Å². The van der Waals surface area contributed by atoms with E-state index in [1.54, 1.807) is 11.8 Å². The molecule has 1 N–H and O–H groups in total. The van der Waals surface area contributed by atoms with Gasteiger partial charge in [-0.3, -0.25) is 9.59 Å². The summed E-state index contributed by atoms with van der Waals surface area (Å²) in [6, 6.07) is 0. The Kier molecular flexibility index (Phi) is 6.12. The zero-order chi connectivity index (χ0) is 13.5. The molecule has 1 saturated heterocycles. The van der Waals surface area contributed by atoms with Gasteiger partial charge in [-0.1, -0.05) is 13.8 Å². The smallest absolute Gasteiger partial charge is 0.249 e. The van der Waals surface area contributed by atoms with E-state index in [1.807, 2.05) is 0 Å². The lowest BCUT2D eigenvalue weighted by Crippen LogP contribution is -2.42. The van der Waals surface area contributed by atoms with Crippen LogP contribution in [0.5, 0.6) is 0 Å². The molecule has 1 heterocycles. The van der Waals surface area contributed by atoms with Crippen LogP contribution in [-0.2, 0) is 14.3 Å². The van der Waals surface area contributed by atoms with Crippen LogP contribution in [0.1, 0.15) is 33.6 Å². The van der Waals surface area contributed by atoms with Gasteiger partial charge in [0.25, 0.3) is 0 Å². The molecule has 1 aliphatic rings. The molecule has 1 aliphatic heterocycles. The van der Waals surface area contributed by atoms with E-state index < -0.39 is 0 Å². The van der Waals surface area contributed by atoms with Crippen molar-refractivity contribution >= 4 is 11.8 Å². The summed E-state index contributed by atoms with van der Waals surface area (Å²) in [5, 5.41) is 2.83. The molecule has 2 amide bonds. The van der Waals surface area contributed by atoms with Crippen LogP contribution in [0.3, 0.4) is 0 Å². The minimum atomic E-state index is -0.291. The largest absolute Gasteiger partial charge is 0.368 e. The first kappa shape index (κ1) is 15.0. The predicted octanol–water partition coefficient (Wildman–Crippen LogP) is 0.786. The van der Waals surface area contributed by atoms with Crippen LogP contribution in [0.25, 0.3) is 0 Å². The van der Waals surface area contributed by atoms with Crippen molar-refractivity contribution in [2.45, 2.75) is 39.7 Å². The minimum Gasteiger partial charge on any atom is -0.368 e. The standard InChI is InChI=1S/C13H24N2O3/c1-10(2)9-15(11(3)16)7-6-14-13(17)12-5-4-8-18-12/h10,12H,4-9H2,1-3H3,(H,14,17). The lowest BCUT2D eigenvalue weighted by Gasteiger charge is -2.23. The van der Waals surface area contributed by atoms with Gasteiger partial charge in [0.15, 0.2) is 0 Å². The maximum absolute atomic E-state index is 11.7. The van der Waals surface area contributed by atoms with Crippen LogP contribution in [0, 0.1) is 5.92 Å². The van der Waals surface area contributed by atoms with Gasteiger partial charge in [0.05, 0.1) is 0 Å². The lowest BCUT2D eigenvalue weighted by molar-refractivity contribution is -0.132. The van der Waals surface area contributed by atoms with E-state index in [0.29, 0.717) is 25.6 Å². The summed E-state index contributed by atoms with van der Waals surface area (Å²) in [6.45, 7) is 8.15. The molecule has 0 aromatic heterocycles. The number of hydrogen-bond donors (Lipinski definition) is 1. The molecular weight excluding hydrogens is 232 g/mol. The van der Waals surface area contributed by atoms with Crippen LogP contribution in [-0.4, -0.2) is 49.1 Å². The molecule has 0 aliphatic carbocycles. The number of hydrogen-bond acceptors (Lipinski definition) is 3. The summed E-state index contributed by atoms with van der Waals surface area (Å²) >= 11 is 0. The van der Waals surface area contributed by atoms with Crippen molar-refractivity contribution in [3.63, 3.8) is 0 Å². The molecule has 0 bridgehead atoms. The van der Waals surface area contributed by atoms with Gasteiger partial charge in [0.1, 0.15) is 6.10 Å². The molecule has 0 aromatic carbocycles. The summed E-state index contributed by atoms with van der Waals surface area (Å²) in [4.78, 5) is 24.8. The van der Waals surface area contributed by atoms with Crippen LogP contribution in [0.4, 0.5) is 0 Å². The van der Waals surface area contributed by atoms with Gasteiger partial charge in [-0.05, 0) is 18.8 Å². The molecule has 1 fully saturated rings. The number of nitrogens with zero attached hydrogens (tertiary/aromatic N) is 1. The Labute approximate surface area is 109 Å². The number of nitrogens with one attached hydrogen (secondary N) is 1. The second-order valence-corrected chi connectivity index (χ2v) is 5.15. The molecule has 0 aromatic rings. The van der Waals surface area contributed by atoms with Crippen molar-refractivity contribution in [2.24, 2.45) is 5.92 Å². The molecule has 18 heavy (non-hydrogen) atoms. The van der Waals surface area contributed by atoms with Crippen LogP contribution >= 0.6 is 0 Å². The monoisotopic (exact) mass is 256 g/mol. The summed E-state index contributed by atoms with van der Waals surface area (Å²) in [7, 11) is 0. The van der Waals surface area contributed by atoms with Gasteiger partial charge >= 0.3 is 0 Å². The zero-order valence-electron chi connectivity index (χ0n) is 11.6. The number of ether oxygens (including phenoxy) is 1. The number of amides is 2. The highest BCUT2D eigenvalue weighted by atomic mass is 16.5. The van der Waals surface area contributed by atoms with Crippen molar-refractivity contribution < 1.29 is 14.3 Å². The normalized spacial score (nSPS) is 19.0. The van der Waals surface area contributed by atoms with E-state index in [0.717, 1.165) is 19.4 Å². The Morgan fingerprint density at radius 1 is 1.44 bits per heavy atom. The summed E-state index contributed by atoms with van der Waals surface area (Å²) in [6.07, 6.45) is 1.46. The number of carbonyl (C=O) groups excluding carboxylic acids is 2. The maximum atomic E-state index is 11.7. The van der Waals surface area contributed by atoms with Gasteiger partial charge in [0, 0.05) is 33.2 Å². The topological polar surface area (TPSA) is 58.6 Å². The molecule has 104 valence electrons. The third-order valence-electron chi connectivity index (χ3n) is 2.93. The Hall–Kier alpha value is -1.10. The van der Waals surface area contributed by atoms with Gasteiger partial charge in [0.2, 0.25) is 11.8 Å². The van der Waals surface area contributed by atoms with Gasteiger partial charge in [-0.2, -0.15) is 0 Å². The van der Waals surface area contributed by atoms with Crippen molar-refractivity contribution in [1.29, 1.82) is 0 Å². The van der Waals surface area contributed by atoms with Gasteiger partial charge < -0.3 is 15.0 Å². The van der Waals surface area contributed by atoms with Crippen molar-refractivity contribution in [3.05, 3.63) is 0 Å². The molecule has 0 saturated carbocycles. The third-order valence-corrected chi connectivity index (χ3v) is 2.93. The fourth-order valence-electron chi connectivity index (χ4n) is 2.03. The highest BCUT2D eigenvalue weighted by Gasteiger charge is 2.23. The molecule has 5 nitrogen and oxygen atoms in total. The average molecular weight is 256 g/mol. The van der Waals surface area contributed by atoms with E-state index >= 15 is 0 Å². The first-order valence-electron chi connectivity index (χ1n) is 6.65. The zero-order valence-corrected chi connectivity index (χ0v) is 11.6. The molecule has 5 heteroatoms. The van der Waals surface area contributed by atoms with E-state index in [9.17, 15) is 9.59 Å². The first-order chi connectivity index (χ1) is 8.50. The second-order valence-electron chi connectivity index (χ2n) is 5.15. The Balaban J connectivity index is 2.25. The maximum Gasteiger partial charge on any atom is 0.249 e. The first-order valence-corrected chi connectivity index (χ1v) is 6.65. The van der Waals surface area contributed by atoms with E-state index in [2.05, 4.69) is 19.2 Å². The molecule has 1 atom stereocenters. The van der Waals surface area contributed by atoms with E-state index in [4.69, 9.17) is 4.74 Å². The fraction of sp³-hybridized carbons (Fsp3) is 0.846. The molecular formula is C13H24N2O3. The molecule has 0 radical (unpaired) electrons. The Morgan fingerprint density at radius 2 is 2.17 bits per heavy atom. The highest BCUT2D eigenvalue weighted by Crippen LogP contribution is 2.11. The molecule has 1 unspecified atom stereocenters. The highest BCUT2D eigenvalue weighted by molar-refractivity contribution is 5.81. The average Bonchev–Trinajstić information content (AvgIpc) is 2.80. The fourth-order valence-corrected chi connectivity index (χ4v) is 2.03. The summed E-state index contributed by atoms with van der Waals surface area (Å²) < 4.78 is 5.29. The third kappa shape index (κ3) is 5.04. The van der Waals surface area contributed by atoms with Crippen molar-refractivity contribution in [3.8, 4) is 0 Å². The quantitative estimate of drug-likeness (QED) is 0.764. The number of carbonyl (C=O) groups is 2. The summed E-state index contributed by atoms with van der Waals surface area (Å²) in [5.74, 6) is 0.429. The van der Waals surface area contributed by atoms with Gasteiger partial charge in [-0.15, -0.1) is 0 Å². The SMILES string of the molecule is CC(=O)N(CCNC(=O)C1CCCO1)CC(C)C. The minimum absolute atomic E-state index is 0.0510. The Bertz CT molecular complexity index is 286. The van der Waals surface area contributed by atoms with Crippen LogP contribution < -0.4 is 5.32 Å². The van der Waals surface area contributed by atoms with Crippen LogP contribution in [0.15, 0.2) is 0 Å². The molecule has 1 rings (SSSR count). The van der Waals surface area contributed by atoms with Crippen molar-refractivity contribution in [2.75, 3.05) is 26.2 Å².